The van der Waals surface area contributed by atoms with E-state index in [1.165, 1.54) is 13.2 Å². The molecule has 0 aliphatic heterocycles. The lowest BCUT2D eigenvalue weighted by molar-refractivity contribution is -0.385. The molecule has 0 N–H and O–H groups in total. The molecule has 0 saturated carbocycles. The van der Waals surface area contributed by atoms with Crippen molar-refractivity contribution in [1.82, 2.24) is 0 Å². The van der Waals surface area contributed by atoms with Gasteiger partial charge in [-0.3, -0.25) is 10.1 Å². The molecule has 0 aromatic heterocycles. The highest BCUT2D eigenvalue weighted by Crippen LogP contribution is 2.28. The molecule has 0 saturated heterocycles. The molecule has 0 aliphatic rings. The van der Waals surface area contributed by atoms with Crippen molar-refractivity contribution in [3.8, 4) is 11.5 Å². The predicted octanol–water partition coefficient (Wildman–Crippen LogP) is 4.12. The quantitative estimate of drug-likeness (QED) is 0.250. The van der Waals surface area contributed by atoms with Crippen molar-refractivity contribution in [2.75, 3.05) is 7.11 Å². The van der Waals surface area contributed by atoms with Gasteiger partial charge in [-0.25, -0.2) is 9.18 Å². The summed E-state index contributed by atoms with van der Waals surface area (Å²) in [4.78, 5) is 22.0. The second kappa shape index (κ2) is 7.69. The Labute approximate surface area is 144 Å². The Morgan fingerprint density at radius 1 is 1.25 bits per heavy atom. The largest absolute Gasteiger partial charge is 0.496 e. The monoisotopic (exact) mass is 395 g/mol. The van der Waals surface area contributed by atoms with Crippen LogP contribution in [0.4, 0.5) is 10.1 Å². The van der Waals surface area contributed by atoms with E-state index in [2.05, 4.69) is 15.9 Å². The summed E-state index contributed by atoms with van der Waals surface area (Å²) in [6.45, 7) is 0. The van der Waals surface area contributed by atoms with Crippen LogP contribution in [-0.2, 0) is 4.79 Å². The van der Waals surface area contributed by atoms with Crippen LogP contribution in [0.25, 0.3) is 6.08 Å². The summed E-state index contributed by atoms with van der Waals surface area (Å²) in [5, 5.41) is 10.9. The van der Waals surface area contributed by atoms with Gasteiger partial charge in [-0.15, -0.1) is 0 Å². The molecule has 24 heavy (non-hydrogen) atoms. The lowest BCUT2D eigenvalue weighted by Gasteiger charge is -2.05. The lowest BCUT2D eigenvalue weighted by atomic mass is 10.2. The molecule has 8 heteroatoms. The Morgan fingerprint density at radius 2 is 2.00 bits per heavy atom. The van der Waals surface area contributed by atoms with Crippen molar-refractivity contribution in [1.29, 1.82) is 0 Å². The van der Waals surface area contributed by atoms with E-state index < -0.39 is 28.1 Å². The Bertz CT molecular complexity index is 822. The average Bonchev–Trinajstić information content (AvgIpc) is 2.53. The first-order valence-corrected chi connectivity index (χ1v) is 7.37. The van der Waals surface area contributed by atoms with Gasteiger partial charge in [0.1, 0.15) is 11.6 Å². The number of methoxy groups -OCH3 is 1. The molecule has 0 heterocycles. The number of benzene rings is 2. The van der Waals surface area contributed by atoms with Gasteiger partial charge in [-0.05, 0) is 30.3 Å². The first-order valence-electron chi connectivity index (χ1n) is 6.58. The van der Waals surface area contributed by atoms with Crippen LogP contribution in [0.2, 0.25) is 0 Å². The second-order valence-corrected chi connectivity index (χ2v) is 5.43. The molecule has 2 rings (SSSR count). The van der Waals surface area contributed by atoms with Gasteiger partial charge in [0.05, 0.1) is 12.0 Å². The molecular weight excluding hydrogens is 385 g/mol. The van der Waals surface area contributed by atoms with Crippen LogP contribution >= 0.6 is 15.9 Å². The first kappa shape index (κ1) is 17.6. The van der Waals surface area contributed by atoms with Gasteiger partial charge in [0.25, 0.3) is 0 Å². The topological polar surface area (TPSA) is 78.7 Å². The molecule has 0 bridgehead atoms. The Kier molecular flexibility index (Phi) is 5.64. The molecule has 0 fully saturated rings. The fourth-order valence-electron chi connectivity index (χ4n) is 1.86. The number of hydrogen-bond acceptors (Lipinski definition) is 5. The van der Waals surface area contributed by atoms with E-state index in [1.807, 2.05) is 0 Å². The van der Waals surface area contributed by atoms with E-state index in [0.29, 0.717) is 11.3 Å². The molecule has 124 valence electrons. The van der Waals surface area contributed by atoms with Gasteiger partial charge >= 0.3 is 11.7 Å². The molecule has 0 atom stereocenters. The van der Waals surface area contributed by atoms with Crippen molar-refractivity contribution < 1.29 is 23.6 Å². The molecule has 0 aliphatic carbocycles. The molecule has 0 spiro atoms. The summed E-state index contributed by atoms with van der Waals surface area (Å²) < 4.78 is 24.0. The summed E-state index contributed by atoms with van der Waals surface area (Å²) in [5.41, 5.74) is 0.0933. The van der Waals surface area contributed by atoms with Crippen LogP contribution in [0.1, 0.15) is 5.56 Å². The van der Waals surface area contributed by atoms with Gasteiger partial charge < -0.3 is 9.47 Å². The number of hydrogen-bond donors (Lipinski definition) is 0. The highest BCUT2D eigenvalue weighted by atomic mass is 79.9. The maximum absolute atomic E-state index is 13.2. The van der Waals surface area contributed by atoms with Crippen molar-refractivity contribution in [3.63, 3.8) is 0 Å². The summed E-state index contributed by atoms with van der Waals surface area (Å²) in [6.07, 6.45) is 2.50. The van der Waals surface area contributed by atoms with Gasteiger partial charge in [0, 0.05) is 28.2 Å². The lowest BCUT2D eigenvalue weighted by Crippen LogP contribution is -2.06. The molecular formula is C16H11BrFNO5. The maximum Gasteiger partial charge on any atom is 0.336 e. The van der Waals surface area contributed by atoms with Crippen molar-refractivity contribution in [2.24, 2.45) is 0 Å². The van der Waals surface area contributed by atoms with E-state index in [1.54, 1.807) is 18.2 Å². The van der Waals surface area contributed by atoms with E-state index >= 15 is 0 Å². The van der Waals surface area contributed by atoms with E-state index in [0.717, 1.165) is 28.7 Å². The number of rotatable bonds is 5. The third-order valence-corrected chi connectivity index (χ3v) is 3.41. The van der Waals surface area contributed by atoms with Gasteiger partial charge in [-0.2, -0.15) is 0 Å². The Balaban J connectivity index is 2.21. The number of esters is 1. The molecule has 0 amide bonds. The molecule has 0 unspecified atom stereocenters. The molecule has 0 radical (unpaired) electrons. The predicted molar refractivity (Wildman–Crippen MR) is 88.4 cm³/mol. The fourth-order valence-corrected chi connectivity index (χ4v) is 2.24. The maximum atomic E-state index is 13.2. The SMILES string of the molecule is COc1ccc(Br)cc1/C=C/C(=O)Oc1cc(F)ccc1[N+](=O)[O-]. The normalized spacial score (nSPS) is 10.6. The third-order valence-electron chi connectivity index (χ3n) is 2.92. The van der Waals surface area contributed by atoms with Gasteiger partial charge in [-0.1, -0.05) is 15.9 Å². The third kappa shape index (κ3) is 4.39. The van der Waals surface area contributed by atoms with Crippen molar-refractivity contribution in [2.45, 2.75) is 0 Å². The van der Waals surface area contributed by atoms with Crippen LogP contribution in [0, 0.1) is 15.9 Å². The zero-order valence-electron chi connectivity index (χ0n) is 12.4. The molecule has 2 aromatic carbocycles. The number of ether oxygens (including phenoxy) is 2. The van der Waals surface area contributed by atoms with E-state index in [9.17, 15) is 19.3 Å². The minimum atomic E-state index is -0.884. The number of halogens is 2. The van der Waals surface area contributed by atoms with Crippen LogP contribution in [-0.4, -0.2) is 18.0 Å². The highest BCUT2D eigenvalue weighted by Gasteiger charge is 2.18. The summed E-state index contributed by atoms with van der Waals surface area (Å²) in [7, 11) is 1.48. The number of nitro benzene ring substituents is 1. The minimum Gasteiger partial charge on any atom is -0.496 e. The van der Waals surface area contributed by atoms with Crippen LogP contribution < -0.4 is 9.47 Å². The summed E-state index contributed by atoms with van der Waals surface area (Å²) in [5.74, 6) is -1.57. The Morgan fingerprint density at radius 3 is 2.67 bits per heavy atom. The zero-order chi connectivity index (χ0) is 17.7. The summed E-state index contributed by atoms with van der Waals surface area (Å²) >= 11 is 3.30. The number of nitrogens with zero attached hydrogens (tertiary/aromatic N) is 1. The van der Waals surface area contributed by atoms with Crippen molar-refractivity contribution in [3.05, 3.63) is 68.4 Å². The summed E-state index contributed by atoms with van der Waals surface area (Å²) in [6, 6.07) is 7.81. The minimum absolute atomic E-state index is 0.462. The van der Waals surface area contributed by atoms with E-state index in [4.69, 9.17) is 9.47 Å². The van der Waals surface area contributed by atoms with E-state index in [-0.39, 0.29) is 0 Å². The first-order chi connectivity index (χ1) is 11.4. The second-order valence-electron chi connectivity index (χ2n) is 4.51. The van der Waals surface area contributed by atoms with Crippen LogP contribution in [0.5, 0.6) is 11.5 Å². The standard InChI is InChI=1S/C16H11BrFNO5/c1-23-14-6-3-11(17)8-10(14)2-7-16(20)24-15-9-12(18)4-5-13(15)19(21)22/h2-9H,1H3/b7-2+. The highest BCUT2D eigenvalue weighted by molar-refractivity contribution is 9.10. The zero-order valence-corrected chi connectivity index (χ0v) is 13.9. The number of nitro groups is 1. The molecule has 6 nitrogen and oxygen atoms in total. The smallest absolute Gasteiger partial charge is 0.336 e. The van der Waals surface area contributed by atoms with Gasteiger partial charge in [0.2, 0.25) is 5.75 Å². The van der Waals surface area contributed by atoms with Crippen LogP contribution in [0.3, 0.4) is 0 Å². The fraction of sp³-hybridized carbons (Fsp3) is 0.0625. The van der Waals surface area contributed by atoms with Crippen LogP contribution in [0.15, 0.2) is 46.9 Å². The number of carbonyl (C=O) groups excluding carboxylic acids is 1. The molecule has 2 aromatic rings. The number of carbonyl (C=O) groups is 1. The average molecular weight is 396 g/mol. The van der Waals surface area contributed by atoms with Gasteiger partial charge in [0.15, 0.2) is 0 Å². The van der Waals surface area contributed by atoms with Crippen molar-refractivity contribution >= 4 is 33.7 Å². The Hall–Kier alpha value is -2.74.